The number of aliphatic imine (C=N–C) groups is 1. The van der Waals surface area contributed by atoms with E-state index in [2.05, 4.69) is 19.9 Å². The second-order valence-electron chi connectivity index (χ2n) is 6.29. The number of halogens is 2. The molecule has 2 aromatic rings. The monoisotopic (exact) mass is 411 g/mol. The molecule has 0 unspecified atom stereocenters. The molecule has 0 aliphatic carbocycles. The Morgan fingerprint density at radius 2 is 2.19 bits per heavy atom. The molecule has 144 valence electrons. The van der Waals surface area contributed by atoms with E-state index in [1.54, 1.807) is 25.5 Å². The van der Waals surface area contributed by atoms with Crippen molar-refractivity contribution < 1.29 is 9.13 Å². The van der Waals surface area contributed by atoms with Crippen LogP contribution in [0.15, 0.2) is 23.6 Å². The van der Waals surface area contributed by atoms with Crippen LogP contribution in [0.1, 0.15) is 11.4 Å². The summed E-state index contributed by atoms with van der Waals surface area (Å²) in [6, 6.07) is 0. The van der Waals surface area contributed by atoms with E-state index in [0.717, 1.165) is 11.4 Å². The average molecular weight is 412 g/mol. The third kappa shape index (κ3) is 3.27. The summed E-state index contributed by atoms with van der Waals surface area (Å²) in [5, 5.41) is 0.530. The Balaban J connectivity index is 0.00000210. The van der Waals surface area contributed by atoms with Crippen LogP contribution in [-0.4, -0.2) is 51.1 Å². The van der Waals surface area contributed by atoms with E-state index in [0.29, 0.717) is 24.2 Å². The maximum Gasteiger partial charge on any atom is 0.255 e. The molecule has 8 nitrogen and oxygen atoms in total. The Bertz CT molecular complexity index is 871. The van der Waals surface area contributed by atoms with Gasteiger partial charge in [-0.25, -0.2) is 9.98 Å². The van der Waals surface area contributed by atoms with Crippen LogP contribution in [0.5, 0.6) is 5.88 Å². The van der Waals surface area contributed by atoms with Crippen molar-refractivity contribution in [2.45, 2.75) is 12.5 Å². The van der Waals surface area contributed by atoms with Crippen molar-refractivity contribution in [1.82, 2.24) is 19.9 Å². The zero-order valence-electron chi connectivity index (χ0n) is 14.8. The van der Waals surface area contributed by atoms with Gasteiger partial charge in [0.2, 0.25) is 11.8 Å². The normalized spacial score (nSPS) is 24.0. The SMILES string of the molecule is COc1nc(N2C[C@H]3CSC(N)=N[C@@]3(c3cnccn3)C2)nc(C)c1F.Cl. The van der Waals surface area contributed by atoms with Crippen LogP contribution in [0.2, 0.25) is 0 Å². The lowest BCUT2D eigenvalue weighted by atomic mass is 9.86. The van der Waals surface area contributed by atoms with Crippen LogP contribution >= 0.6 is 24.2 Å². The Morgan fingerprint density at radius 1 is 1.37 bits per heavy atom. The van der Waals surface area contributed by atoms with Gasteiger partial charge in [0.1, 0.15) is 5.54 Å². The zero-order valence-corrected chi connectivity index (χ0v) is 16.4. The van der Waals surface area contributed by atoms with Gasteiger partial charge in [-0.2, -0.15) is 9.37 Å². The molecule has 4 heterocycles. The molecule has 4 rings (SSSR count). The number of ether oxygens (including phenoxy) is 1. The molecule has 0 spiro atoms. The predicted octanol–water partition coefficient (Wildman–Crippen LogP) is 1.54. The predicted molar refractivity (Wildman–Crippen MR) is 104 cm³/mol. The molecule has 2 aromatic heterocycles. The summed E-state index contributed by atoms with van der Waals surface area (Å²) in [6.07, 6.45) is 5.00. The van der Waals surface area contributed by atoms with E-state index in [-0.39, 0.29) is 29.9 Å². The van der Waals surface area contributed by atoms with E-state index in [4.69, 9.17) is 15.5 Å². The molecular formula is C16H19ClFN7OS. The maximum absolute atomic E-state index is 14.0. The summed E-state index contributed by atoms with van der Waals surface area (Å²) in [7, 11) is 1.39. The first-order chi connectivity index (χ1) is 12.5. The van der Waals surface area contributed by atoms with Crippen molar-refractivity contribution in [2.75, 3.05) is 30.9 Å². The first kappa shape index (κ1) is 19.6. The summed E-state index contributed by atoms with van der Waals surface area (Å²) >= 11 is 1.53. The standard InChI is InChI=1S/C16H18FN7OS.ClH/c1-9-12(17)13(25-2)22-15(21-9)24-6-10-7-26-14(18)23-16(10,8-24)11-5-19-3-4-20-11;/h3-5,10H,6-8H2,1-2H3,(H2,18,23);1H/t10-,16-;/m0./s1. The number of thioether (sulfide) groups is 1. The molecule has 0 saturated carbocycles. The molecule has 11 heteroatoms. The molecule has 0 aromatic carbocycles. The minimum absolute atomic E-state index is 0. The van der Waals surface area contributed by atoms with E-state index in [9.17, 15) is 4.39 Å². The van der Waals surface area contributed by atoms with Gasteiger partial charge < -0.3 is 15.4 Å². The molecule has 2 atom stereocenters. The molecular weight excluding hydrogens is 393 g/mol. The fourth-order valence-electron chi connectivity index (χ4n) is 3.45. The van der Waals surface area contributed by atoms with Gasteiger partial charge in [0.15, 0.2) is 5.17 Å². The number of hydrogen-bond donors (Lipinski definition) is 1. The maximum atomic E-state index is 14.0. The number of amidine groups is 1. The van der Waals surface area contributed by atoms with Crippen LogP contribution in [-0.2, 0) is 5.54 Å². The molecule has 0 radical (unpaired) electrons. The first-order valence-electron chi connectivity index (χ1n) is 8.11. The zero-order chi connectivity index (χ0) is 18.3. The number of anilines is 1. The fraction of sp³-hybridized carbons (Fsp3) is 0.438. The summed E-state index contributed by atoms with van der Waals surface area (Å²) in [6.45, 7) is 2.75. The second kappa shape index (κ2) is 7.43. The third-order valence-corrected chi connectivity index (χ3v) is 5.70. The van der Waals surface area contributed by atoms with Gasteiger partial charge in [0.05, 0.1) is 31.2 Å². The van der Waals surface area contributed by atoms with Crippen molar-refractivity contribution in [3.05, 3.63) is 35.8 Å². The van der Waals surface area contributed by atoms with Gasteiger partial charge in [-0.3, -0.25) is 9.97 Å². The Hall–Kier alpha value is -2.20. The van der Waals surface area contributed by atoms with E-state index in [1.165, 1.54) is 18.9 Å². The van der Waals surface area contributed by atoms with Crippen molar-refractivity contribution in [2.24, 2.45) is 16.6 Å². The van der Waals surface area contributed by atoms with E-state index >= 15 is 0 Å². The summed E-state index contributed by atoms with van der Waals surface area (Å²) in [5.41, 5.74) is 6.43. The highest BCUT2D eigenvalue weighted by atomic mass is 35.5. The lowest BCUT2D eigenvalue weighted by Crippen LogP contribution is -2.40. The highest BCUT2D eigenvalue weighted by Crippen LogP contribution is 2.45. The molecule has 1 saturated heterocycles. The van der Waals surface area contributed by atoms with Gasteiger partial charge in [0, 0.05) is 30.6 Å². The number of fused-ring (bicyclic) bond motifs is 1. The molecule has 27 heavy (non-hydrogen) atoms. The lowest BCUT2D eigenvalue weighted by Gasteiger charge is -2.33. The Labute approximate surface area is 166 Å². The number of nitrogens with two attached hydrogens (primary N) is 1. The molecule has 1 fully saturated rings. The van der Waals surface area contributed by atoms with Gasteiger partial charge in [-0.05, 0) is 6.92 Å². The quantitative estimate of drug-likeness (QED) is 0.811. The fourth-order valence-corrected chi connectivity index (χ4v) is 4.43. The van der Waals surface area contributed by atoms with Crippen molar-refractivity contribution in [3.8, 4) is 5.88 Å². The first-order valence-corrected chi connectivity index (χ1v) is 9.10. The Morgan fingerprint density at radius 3 is 2.89 bits per heavy atom. The van der Waals surface area contributed by atoms with Gasteiger partial charge in [-0.1, -0.05) is 11.8 Å². The van der Waals surface area contributed by atoms with Crippen LogP contribution < -0.4 is 15.4 Å². The molecule has 2 aliphatic heterocycles. The van der Waals surface area contributed by atoms with Gasteiger partial charge in [0.25, 0.3) is 5.88 Å². The van der Waals surface area contributed by atoms with Gasteiger partial charge in [-0.15, -0.1) is 12.4 Å². The number of hydrogen-bond acceptors (Lipinski definition) is 9. The van der Waals surface area contributed by atoms with E-state index in [1.807, 2.05) is 4.90 Å². The van der Waals surface area contributed by atoms with Crippen LogP contribution in [0.3, 0.4) is 0 Å². The lowest BCUT2D eigenvalue weighted by molar-refractivity contribution is 0.365. The van der Waals surface area contributed by atoms with Crippen molar-refractivity contribution >= 4 is 35.3 Å². The highest BCUT2D eigenvalue weighted by molar-refractivity contribution is 8.13. The Kier molecular flexibility index (Phi) is 5.38. The summed E-state index contributed by atoms with van der Waals surface area (Å²) < 4.78 is 19.1. The van der Waals surface area contributed by atoms with Crippen LogP contribution in [0.25, 0.3) is 0 Å². The summed E-state index contributed by atoms with van der Waals surface area (Å²) in [4.78, 5) is 23.9. The second-order valence-corrected chi connectivity index (χ2v) is 7.33. The average Bonchev–Trinajstić information content (AvgIpc) is 3.04. The van der Waals surface area contributed by atoms with E-state index < -0.39 is 11.4 Å². The number of nitrogens with zero attached hydrogens (tertiary/aromatic N) is 6. The molecule has 2 aliphatic rings. The summed E-state index contributed by atoms with van der Waals surface area (Å²) in [5.74, 6) is 0.774. The molecule has 2 N–H and O–H groups in total. The van der Waals surface area contributed by atoms with Crippen molar-refractivity contribution in [1.29, 1.82) is 0 Å². The minimum Gasteiger partial charge on any atom is -0.479 e. The van der Waals surface area contributed by atoms with Crippen LogP contribution in [0.4, 0.5) is 10.3 Å². The van der Waals surface area contributed by atoms with Crippen LogP contribution in [0, 0.1) is 18.7 Å². The smallest absolute Gasteiger partial charge is 0.255 e. The highest BCUT2D eigenvalue weighted by Gasteiger charge is 2.52. The van der Waals surface area contributed by atoms with Gasteiger partial charge >= 0.3 is 0 Å². The number of aromatic nitrogens is 4. The molecule has 0 amide bonds. The topological polar surface area (TPSA) is 102 Å². The van der Waals surface area contributed by atoms with Crippen molar-refractivity contribution in [3.63, 3.8) is 0 Å². The number of rotatable bonds is 3. The third-order valence-electron chi connectivity index (χ3n) is 4.75. The number of aryl methyl sites for hydroxylation is 1. The number of methoxy groups -OCH3 is 1. The minimum atomic E-state index is -0.609. The molecule has 0 bridgehead atoms. The largest absolute Gasteiger partial charge is 0.479 e.